The highest BCUT2D eigenvalue weighted by molar-refractivity contribution is 14.0. The van der Waals surface area contributed by atoms with Crippen molar-refractivity contribution in [3.63, 3.8) is 0 Å². The summed E-state index contributed by atoms with van der Waals surface area (Å²) in [5, 5.41) is 13.3. The first-order valence-electron chi connectivity index (χ1n) is 8.77. The van der Waals surface area contributed by atoms with Crippen LogP contribution in [0.5, 0.6) is 0 Å². The third-order valence-electron chi connectivity index (χ3n) is 3.27. The van der Waals surface area contributed by atoms with Gasteiger partial charge in [-0.1, -0.05) is 28.9 Å². The Morgan fingerprint density at radius 2 is 1.97 bits per heavy atom. The predicted octanol–water partition coefficient (Wildman–Crippen LogP) is 3.20. The summed E-state index contributed by atoms with van der Waals surface area (Å²) < 4.78 is 10.4. The van der Waals surface area contributed by atoms with Gasteiger partial charge in [0.05, 0.1) is 6.54 Å². The Labute approximate surface area is 192 Å². The molecule has 0 fully saturated rings. The van der Waals surface area contributed by atoms with Crippen molar-refractivity contribution >= 4 is 47.6 Å². The molecule has 0 aliphatic carbocycles. The molecule has 0 aliphatic heterocycles. The van der Waals surface area contributed by atoms with E-state index in [2.05, 4.69) is 31.1 Å². The Kier molecular flexibility index (Phi) is 10.2. The Hall–Kier alpha value is -2.08. The fourth-order valence-electron chi connectivity index (χ4n) is 2.11. The first-order valence-corrected chi connectivity index (χ1v) is 9.14. The highest BCUT2D eigenvalue weighted by Crippen LogP contribution is 2.19. The van der Waals surface area contributed by atoms with Crippen LogP contribution in [0.4, 0.5) is 4.79 Å². The van der Waals surface area contributed by atoms with E-state index < -0.39 is 11.7 Å². The van der Waals surface area contributed by atoms with Gasteiger partial charge in [-0.3, -0.25) is 4.99 Å². The molecule has 0 aliphatic rings. The largest absolute Gasteiger partial charge is 0.444 e. The lowest BCUT2D eigenvalue weighted by atomic mass is 10.2. The normalized spacial score (nSPS) is 11.4. The van der Waals surface area contributed by atoms with Gasteiger partial charge in [0.25, 0.3) is 0 Å². The van der Waals surface area contributed by atoms with Crippen molar-refractivity contribution in [1.82, 2.24) is 26.1 Å². The van der Waals surface area contributed by atoms with Crippen LogP contribution in [0, 0.1) is 0 Å². The van der Waals surface area contributed by atoms with Crippen LogP contribution in [0.15, 0.2) is 33.8 Å². The number of hydrogen-bond donors (Lipinski definition) is 3. The summed E-state index contributed by atoms with van der Waals surface area (Å²) in [6.07, 6.45) is -0.461. The quantitative estimate of drug-likeness (QED) is 0.225. The summed E-state index contributed by atoms with van der Waals surface area (Å²) in [5.74, 6) is 1.40. The van der Waals surface area contributed by atoms with Crippen LogP contribution >= 0.6 is 35.6 Å². The molecule has 0 saturated heterocycles. The molecule has 3 N–H and O–H groups in total. The van der Waals surface area contributed by atoms with Gasteiger partial charge in [0.2, 0.25) is 11.7 Å². The number of carbonyl (C=O) groups excluding carboxylic acids is 1. The molecule has 160 valence electrons. The molecule has 11 heteroatoms. The minimum absolute atomic E-state index is 0. The molecule has 0 bridgehead atoms. The molecule has 0 spiro atoms. The molecule has 9 nitrogen and oxygen atoms in total. The van der Waals surface area contributed by atoms with E-state index in [4.69, 9.17) is 20.9 Å². The van der Waals surface area contributed by atoms with Crippen molar-refractivity contribution in [2.24, 2.45) is 4.99 Å². The number of nitrogens with zero attached hydrogens (tertiary/aromatic N) is 3. The second kappa shape index (κ2) is 11.8. The molecular weight excluding hydrogens is 511 g/mol. The summed E-state index contributed by atoms with van der Waals surface area (Å²) in [4.78, 5) is 20.0. The fourth-order valence-corrected chi connectivity index (χ4v) is 2.30. The Bertz CT molecular complexity index is 822. The summed E-state index contributed by atoms with van der Waals surface area (Å²) in [6.45, 7) is 6.59. The van der Waals surface area contributed by atoms with Crippen molar-refractivity contribution in [1.29, 1.82) is 0 Å². The maximum Gasteiger partial charge on any atom is 0.407 e. The van der Waals surface area contributed by atoms with Crippen molar-refractivity contribution in [2.75, 3.05) is 20.1 Å². The molecule has 0 atom stereocenters. The van der Waals surface area contributed by atoms with Crippen LogP contribution in [0.2, 0.25) is 5.02 Å². The zero-order valence-corrected chi connectivity index (χ0v) is 19.9. The van der Waals surface area contributed by atoms with Crippen LogP contribution in [0.1, 0.15) is 26.7 Å². The van der Waals surface area contributed by atoms with E-state index >= 15 is 0 Å². The lowest BCUT2D eigenvalue weighted by Crippen LogP contribution is -2.42. The fraction of sp³-hybridized carbons (Fsp3) is 0.444. The SMILES string of the molecule is CN=C(NCCNC(=O)OC(C)(C)C)NCc1nc(-c2cccc(Cl)c2)no1.I. The van der Waals surface area contributed by atoms with Gasteiger partial charge in [-0.2, -0.15) is 4.98 Å². The number of alkyl carbamates (subject to hydrolysis) is 1. The number of ether oxygens (including phenoxy) is 1. The predicted molar refractivity (Wildman–Crippen MR) is 123 cm³/mol. The number of nitrogens with one attached hydrogen (secondary N) is 3. The van der Waals surface area contributed by atoms with Gasteiger partial charge in [0, 0.05) is 30.7 Å². The lowest BCUT2D eigenvalue weighted by molar-refractivity contribution is 0.0529. The molecule has 1 aromatic heterocycles. The van der Waals surface area contributed by atoms with E-state index in [0.717, 1.165) is 5.56 Å². The molecule has 1 amide bonds. The molecule has 29 heavy (non-hydrogen) atoms. The van der Waals surface area contributed by atoms with Crippen LogP contribution in [-0.4, -0.2) is 47.9 Å². The Balaban J connectivity index is 0.00000420. The first kappa shape index (κ1) is 25.0. The standard InChI is InChI=1S/C18H25ClN6O3.HI/c1-18(2,3)27-17(26)22-9-8-21-16(20-4)23-11-14-24-15(25-28-14)12-6-5-7-13(19)10-12;/h5-7,10H,8-9,11H2,1-4H3,(H,22,26)(H2,20,21,23);1H. The van der Waals surface area contributed by atoms with E-state index in [1.165, 1.54) is 0 Å². The van der Waals surface area contributed by atoms with E-state index in [-0.39, 0.29) is 24.0 Å². The van der Waals surface area contributed by atoms with E-state index in [1.807, 2.05) is 32.9 Å². The number of aliphatic imine (C=N–C) groups is 1. The zero-order valence-electron chi connectivity index (χ0n) is 16.8. The zero-order chi connectivity index (χ0) is 20.6. The van der Waals surface area contributed by atoms with Crippen molar-refractivity contribution in [2.45, 2.75) is 32.9 Å². The smallest absolute Gasteiger partial charge is 0.407 e. The van der Waals surface area contributed by atoms with Crippen LogP contribution in [-0.2, 0) is 11.3 Å². The number of rotatable bonds is 6. The summed E-state index contributed by atoms with van der Waals surface area (Å²) >= 11 is 5.98. The first-order chi connectivity index (χ1) is 13.3. The van der Waals surface area contributed by atoms with Crippen molar-refractivity contribution in [3.05, 3.63) is 35.2 Å². The van der Waals surface area contributed by atoms with Crippen LogP contribution in [0.3, 0.4) is 0 Å². The van der Waals surface area contributed by atoms with Gasteiger partial charge in [-0.05, 0) is 32.9 Å². The van der Waals surface area contributed by atoms with Gasteiger partial charge in [-0.25, -0.2) is 4.79 Å². The number of aromatic nitrogens is 2. The maximum atomic E-state index is 11.6. The molecule has 1 heterocycles. The average Bonchev–Trinajstić information content (AvgIpc) is 3.08. The topological polar surface area (TPSA) is 114 Å². The molecular formula is C18H26ClIN6O3. The molecule has 2 rings (SSSR count). The third kappa shape index (κ3) is 9.31. The molecule has 0 radical (unpaired) electrons. The van der Waals surface area contributed by atoms with Crippen LogP contribution < -0.4 is 16.0 Å². The molecule has 2 aromatic rings. The van der Waals surface area contributed by atoms with Crippen molar-refractivity contribution in [3.8, 4) is 11.4 Å². The summed E-state index contributed by atoms with van der Waals surface area (Å²) in [5.41, 5.74) is 0.251. The minimum atomic E-state index is -0.525. The monoisotopic (exact) mass is 536 g/mol. The number of guanidine groups is 1. The van der Waals surface area contributed by atoms with Gasteiger partial charge in [0.1, 0.15) is 5.60 Å². The van der Waals surface area contributed by atoms with Crippen LogP contribution in [0.25, 0.3) is 11.4 Å². The average molecular weight is 537 g/mol. The molecule has 0 saturated carbocycles. The summed E-state index contributed by atoms with van der Waals surface area (Å²) in [6, 6.07) is 7.22. The Morgan fingerprint density at radius 3 is 2.62 bits per heavy atom. The number of amides is 1. The lowest BCUT2D eigenvalue weighted by Gasteiger charge is -2.19. The molecule has 0 unspecified atom stereocenters. The molecule has 1 aromatic carbocycles. The van der Waals surface area contributed by atoms with Gasteiger partial charge < -0.3 is 25.2 Å². The number of benzene rings is 1. The number of carbonyl (C=O) groups is 1. The second-order valence-electron chi connectivity index (χ2n) is 6.80. The summed E-state index contributed by atoms with van der Waals surface area (Å²) in [7, 11) is 1.64. The van der Waals surface area contributed by atoms with Gasteiger partial charge >= 0.3 is 6.09 Å². The third-order valence-corrected chi connectivity index (χ3v) is 3.50. The van der Waals surface area contributed by atoms with E-state index in [1.54, 1.807) is 19.2 Å². The van der Waals surface area contributed by atoms with Gasteiger partial charge in [-0.15, -0.1) is 24.0 Å². The number of hydrogen-bond acceptors (Lipinski definition) is 6. The highest BCUT2D eigenvalue weighted by atomic mass is 127. The maximum absolute atomic E-state index is 11.6. The minimum Gasteiger partial charge on any atom is -0.444 e. The second-order valence-corrected chi connectivity index (χ2v) is 7.24. The van der Waals surface area contributed by atoms with Gasteiger partial charge in [0.15, 0.2) is 5.96 Å². The van der Waals surface area contributed by atoms with E-state index in [9.17, 15) is 4.79 Å². The highest BCUT2D eigenvalue weighted by Gasteiger charge is 2.15. The van der Waals surface area contributed by atoms with E-state index in [0.29, 0.717) is 42.3 Å². The van der Waals surface area contributed by atoms with Crippen molar-refractivity contribution < 1.29 is 14.1 Å². The Morgan fingerprint density at radius 1 is 1.24 bits per heavy atom. The number of halogens is 2.